The molecule has 0 bridgehead atoms. The van der Waals surface area contributed by atoms with Crippen molar-refractivity contribution in [1.29, 1.82) is 0 Å². The molecule has 2 atom stereocenters. The minimum Gasteiger partial charge on any atom is -0.508 e. The molecule has 0 saturated carbocycles. The van der Waals surface area contributed by atoms with Crippen LogP contribution in [-0.2, 0) is 0 Å². The van der Waals surface area contributed by atoms with Gasteiger partial charge in [-0.15, -0.1) is 0 Å². The van der Waals surface area contributed by atoms with Gasteiger partial charge < -0.3 is 15.5 Å². The molecule has 2 unspecified atom stereocenters. The minimum absolute atomic E-state index is 0.123. The number of nitrogens with one attached hydrogen (secondary N) is 1. The molecule has 0 aliphatic carbocycles. The molecule has 4 heteroatoms. The summed E-state index contributed by atoms with van der Waals surface area (Å²) in [5, 5.41) is 22.6. The Hall–Kier alpha value is -1.26. The molecule has 1 fully saturated rings. The van der Waals surface area contributed by atoms with Crippen LogP contribution in [0.3, 0.4) is 0 Å². The van der Waals surface area contributed by atoms with E-state index in [1.165, 1.54) is 18.9 Å². The Bertz CT molecular complexity index is 394. The molecule has 1 aromatic carbocycles. The molecule has 1 aliphatic heterocycles. The summed E-state index contributed by atoms with van der Waals surface area (Å²) < 4.78 is 0. The molecule has 1 aromatic rings. The van der Waals surface area contributed by atoms with Crippen molar-refractivity contribution >= 4 is 0 Å². The maximum absolute atomic E-state index is 9.59. The fraction of sp³-hybridized carbons (Fsp3) is 0.600. The molecular weight excluding hydrogens is 240 g/mol. The lowest BCUT2D eigenvalue weighted by Crippen LogP contribution is -2.34. The van der Waals surface area contributed by atoms with Gasteiger partial charge in [-0.1, -0.05) is 0 Å². The molecule has 3 N–H and O–H groups in total. The minimum atomic E-state index is 0.123. The fourth-order valence-electron chi connectivity index (χ4n) is 2.82. The molecule has 4 nitrogen and oxygen atoms in total. The first-order chi connectivity index (χ1) is 9.08. The van der Waals surface area contributed by atoms with Gasteiger partial charge in [0.2, 0.25) is 0 Å². The van der Waals surface area contributed by atoms with Crippen LogP contribution in [0.15, 0.2) is 18.2 Å². The Morgan fingerprint density at radius 2 is 1.84 bits per heavy atom. The van der Waals surface area contributed by atoms with Gasteiger partial charge >= 0.3 is 0 Å². The van der Waals surface area contributed by atoms with Gasteiger partial charge in [0.25, 0.3) is 0 Å². The van der Waals surface area contributed by atoms with Crippen LogP contribution in [0.1, 0.15) is 37.8 Å². The molecule has 106 valence electrons. The van der Waals surface area contributed by atoms with Crippen molar-refractivity contribution in [3.8, 4) is 11.5 Å². The van der Waals surface area contributed by atoms with E-state index in [1.54, 1.807) is 12.1 Å². The number of phenolic OH excluding ortho intramolecular Hbond substituents is 2. The molecule has 19 heavy (non-hydrogen) atoms. The van der Waals surface area contributed by atoms with E-state index in [2.05, 4.69) is 24.2 Å². The average Bonchev–Trinajstić information content (AvgIpc) is 2.64. The van der Waals surface area contributed by atoms with E-state index in [-0.39, 0.29) is 17.5 Å². The summed E-state index contributed by atoms with van der Waals surface area (Å²) in [6.45, 7) is 4.28. The van der Waals surface area contributed by atoms with Crippen molar-refractivity contribution in [3.05, 3.63) is 23.8 Å². The maximum Gasteiger partial charge on any atom is 0.119 e. The smallest absolute Gasteiger partial charge is 0.119 e. The zero-order valence-corrected chi connectivity index (χ0v) is 11.8. The van der Waals surface area contributed by atoms with Crippen LogP contribution in [-0.4, -0.2) is 41.3 Å². The summed E-state index contributed by atoms with van der Waals surface area (Å²) >= 11 is 0. The first kappa shape index (κ1) is 14.2. The van der Waals surface area contributed by atoms with Gasteiger partial charge in [-0.3, -0.25) is 4.90 Å². The normalized spacial score (nSPS) is 22.2. The number of phenols is 2. The Kier molecular flexibility index (Phi) is 4.66. The largest absolute Gasteiger partial charge is 0.508 e. The van der Waals surface area contributed by atoms with Crippen LogP contribution in [0.2, 0.25) is 0 Å². The van der Waals surface area contributed by atoms with Crippen molar-refractivity contribution in [2.75, 3.05) is 20.1 Å². The van der Waals surface area contributed by atoms with Crippen LogP contribution >= 0.6 is 0 Å². The molecule has 1 saturated heterocycles. The molecule has 0 radical (unpaired) electrons. The highest BCUT2D eigenvalue weighted by atomic mass is 16.3. The fourth-order valence-corrected chi connectivity index (χ4v) is 2.82. The molecule has 0 spiro atoms. The van der Waals surface area contributed by atoms with Crippen molar-refractivity contribution in [1.82, 2.24) is 10.2 Å². The van der Waals surface area contributed by atoms with E-state index in [0.717, 1.165) is 25.1 Å². The van der Waals surface area contributed by atoms with Gasteiger partial charge in [-0.05, 0) is 64.0 Å². The van der Waals surface area contributed by atoms with Crippen LogP contribution in [0.5, 0.6) is 11.5 Å². The third kappa shape index (κ3) is 3.61. The van der Waals surface area contributed by atoms with E-state index in [0.29, 0.717) is 6.04 Å². The van der Waals surface area contributed by atoms with Gasteiger partial charge in [0.05, 0.1) is 0 Å². The van der Waals surface area contributed by atoms with Gasteiger partial charge in [0, 0.05) is 18.2 Å². The lowest BCUT2D eigenvalue weighted by atomic mass is 10.0. The first-order valence-electron chi connectivity index (χ1n) is 7.03. The predicted molar refractivity (Wildman–Crippen MR) is 76.5 cm³/mol. The van der Waals surface area contributed by atoms with Crippen LogP contribution in [0.25, 0.3) is 0 Å². The van der Waals surface area contributed by atoms with E-state index < -0.39 is 0 Å². The van der Waals surface area contributed by atoms with E-state index in [1.807, 2.05) is 0 Å². The van der Waals surface area contributed by atoms with Crippen molar-refractivity contribution in [3.63, 3.8) is 0 Å². The first-order valence-corrected chi connectivity index (χ1v) is 7.03. The Morgan fingerprint density at radius 1 is 1.16 bits per heavy atom. The highest BCUT2D eigenvalue weighted by Gasteiger charge is 2.22. The van der Waals surface area contributed by atoms with Crippen molar-refractivity contribution in [2.24, 2.45) is 0 Å². The van der Waals surface area contributed by atoms with Crippen LogP contribution < -0.4 is 5.32 Å². The summed E-state index contributed by atoms with van der Waals surface area (Å²) in [6.07, 6.45) is 3.54. The summed E-state index contributed by atoms with van der Waals surface area (Å²) in [5.74, 6) is 0.246. The second-order valence-electron chi connectivity index (χ2n) is 5.46. The molecule has 1 aliphatic rings. The standard InChI is InChI=1S/C15H24N2O2/c1-11(12-8-14(18)10-15(19)9-12)17(2)13-4-3-6-16-7-5-13/h8-11,13,16,18-19H,3-7H2,1-2H3. The average molecular weight is 264 g/mol. The third-order valence-electron chi connectivity index (χ3n) is 4.14. The van der Waals surface area contributed by atoms with Gasteiger partial charge in [-0.2, -0.15) is 0 Å². The number of aromatic hydroxyl groups is 2. The highest BCUT2D eigenvalue weighted by molar-refractivity contribution is 5.38. The van der Waals surface area contributed by atoms with Gasteiger partial charge in [0.1, 0.15) is 11.5 Å². The van der Waals surface area contributed by atoms with E-state index in [4.69, 9.17) is 0 Å². The monoisotopic (exact) mass is 264 g/mol. The summed E-state index contributed by atoms with van der Waals surface area (Å²) in [7, 11) is 2.13. The number of hydrogen-bond acceptors (Lipinski definition) is 4. The number of hydrogen-bond donors (Lipinski definition) is 3. The lowest BCUT2D eigenvalue weighted by Gasteiger charge is -2.33. The molecule has 1 heterocycles. The maximum atomic E-state index is 9.59. The van der Waals surface area contributed by atoms with Crippen molar-refractivity contribution in [2.45, 2.75) is 38.3 Å². The number of benzene rings is 1. The lowest BCUT2D eigenvalue weighted by molar-refractivity contribution is 0.171. The van der Waals surface area contributed by atoms with Crippen LogP contribution in [0.4, 0.5) is 0 Å². The second-order valence-corrected chi connectivity index (χ2v) is 5.46. The Morgan fingerprint density at radius 3 is 2.53 bits per heavy atom. The molecule has 0 aromatic heterocycles. The highest BCUT2D eigenvalue weighted by Crippen LogP contribution is 2.29. The topological polar surface area (TPSA) is 55.7 Å². The summed E-state index contributed by atoms with van der Waals surface area (Å²) in [6, 6.07) is 5.56. The van der Waals surface area contributed by atoms with E-state index >= 15 is 0 Å². The zero-order chi connectivity index (χ0) is 13.8. The van der Waals surface area contributed by atoms with Gasteiger partial charge in [-0.25, -0.2) is 0 Å². The Labute approximate surface area is 115 Å². The second kappa shape index (κ2) is 6.26. The summed E-state index contributed by atoms with van der Waals surface area (Å²) in [4.78, 5) is 2.35. The van der Waals surface area contributed by atoms with Crippen molar-refractivity contribution < 1.29 is 10.2 Å². The third-order valence-corrected chi connectivity index (χ3v) is 4.14. The molecule has 0 amide bonds. The zero-order valence-electron chi connectivity index (χ0n) is 11.8. The molecule has 2 rings (SSSR count). The summed E-state index contributed by atoms with van der Waals surface area (Å²) in [5.41, 5.74) is 0.956. The Balaban J connectivity index is 2.10. The van der Waals surface area contributed by atoms with E-state index in [9.17, 15) is 10.2 Å². The quantitative estimate of drug-likeness (QED) is 0.783. The SMILES string of the molecule is CC(c1cc(O)cc(O)c1)N(C)C1CCCNCC1. The predicted octanol–water partition coefficient (Wildman–Crippen LogP) is 2.23. The van der Waals surface area contributed by atoms with Gasteiger partial charge in [0.15, 0.2) is 0 Å². The number of nitrogens with zero attached hydrogens (tertiary/aromatic N) is 1. The van der Waals surface area contributed by atoms with Crippen LogP contribution in [0, 0.1) is 0 Å². The number of rotatable bonds is 3. The molecular formula is C15H24N2O2.